The molecule has 1 N–H and O–H groups in total. The summed E-state index contributed by atoms with van der Waals surface area (Å²) in [7, 11) is 1.75. The maximum atomic E-state index is 5.66. The fourth-order valence-electron chi connectivity index (χ4n) is 3.14. The standard InChI is InChI=1S/C16H29N3O2/c1-4-10-17-12(2)11-14-18-16(19-21-14)15(20-3)13-8-6-5-7-9-13/h12-13,15,17H,4-11H2,1-3H3. The Morgan fingerprint density at radius 2 is 2.10 bits per heavy atom. The molecule has 1 aliphatic rings. The van der Waals surface area contributed by atoms with Gasteiger partial charge in [-0.25, -0.2) is 0 Å². The van der Waals surface area contributed by atoms with Gasteiger partial charge in [0.2, 0.25) is 11.7 Å². The number of methoxy groups -OCH3 is 1. The number of rotatable bonds is 8. The molecule has 1 aliphatic carbocycles. The number of hydrogen-bond donors (Lipinski definition) is 1. The van der Waals surface area contributed by atoms with Gasteiger partial charge in [0, 0.05) is 19.6 Å². The minimum atomic E-state index is -0.0123. The summed E-state index contributed by atoms with van der Waals surface area (Å²) in [6.45, 7) is 5.33. The van der Waals surface area contributed by atoms with Gasteiger partial charge >= 0.3 is 0 Å². The van der Waals surface area contributed by atoms with Crippen molar-refractivity contribution in [2.24, 2.45) is 5.92 Å². The summed E-state index contributed by atoms with van der Waals surface area (Å²) in [5.41, 5.74) is 0. The fraction of sp³-hybridized carbons (Fsp3) is 0.875. The van der Waals surface area contributed by atoms with Crippen LogP contribution in [0.15, 0.2) is 4.52 Å². The molecular formula is C16H29N3O2. The molecule has 2 unspecified atom stereocenters. The van der Waals surface area contributed by atoms with Gasteiger partial charge in [-0.05, 0) is 38.6 Å². The first-order valence-corrected chi connectivity index (χ1v) is 8.33. The normalized spacial score (nSPS) is 19.6. The van der Waals surface area contributed by atoms with Crippen LogP contribution >= 0.6 is 0 Å². The zero-order valence-electron chi connectivity index (χ0n) is 13.6. The van der Waals surface area contributed by atoms with Gasteiger partial charge < -0.3 is 14.6 Å². The number of ether oxygens (including phenoxy) is 1. The van der Waals surface area contributed by atoms with E-state index in [1.54, 1.807) is 7.11 Å². The summed E-state index contributed by atoms with van der Waals surface area (Å²) in [5.74, 6) is 1.96. The summed E-state index contributed by atoms with van der Waals surface area (Å²) in [6.07, 6.45) is 8.21. The number of aromatic nitrogens is 2. The molecule has 1 aromatic heterocycles. The third kappa shape index (κ3) is 4.78. The lowest BCUT2D eigenvalue weighted by atomic mass is 9.85. The molecule has 0 radical (unpaired) electrons. The van der Waals surface area contributed by atoms with Crippen LogP contribution in [0, 0.1) is 5.92 Å². The van der Waals surface area contributed by atoms with Crippen molar-refractivity contribution in [3.8, 4) is 0 Å². The molecule has 0 aromatic carbocycles. The average molecular weight is 295 g/mol. The molecule has 5 heteroatoms. The molecule has 1 aromatic rings. The summed E-state index contributed by atoms with van der Waals surface area (Å²) in [5, 5.41) is 7.59. The van der Waals surface area contributed by atoms with Gasteiger partial charge in [-0.15, -0.1) is 0 Å². The van der Waals surface area contributed by atoms with E-state index in [4.69, 9.17) is 9.26 Å². The summed E-state index contributed by atoms with van der Waals surface area (Å²) < 4.78 is 11.1. The van der Waals surface area contributed by atoms with E-state index in [2.05, 4.69) is 29.3 Å². The van der Waals surface area contributed by atoms with E-state index in [1.807, 2.05) is 0 Å². The van der Waals surface area contributed by atoms with E-state index in [-0.39, 0.29) is 6.10 Å². The van der Waals surface area contributed by atoms with Crippen molar-refractivity contribution in [3.05, 3.63) is 11.7 Å². The minimum absolute atomic E-state index is 0.0123. The maximum absolute atomic E-state index is 5.66. The van der Waals surface area contributed by atoms with E-state index >= 15 is 0 Å². The van der Waals surface area contributed by atoms with Crippen molar-refractivity contribution in [1.29, 1.82) is 0 Å². The van der Waals surface area contributed by atoms with Crippen molar-refractivity contribution in [2.45, 2.75) is 70.9 Å². The monoisotopic (exact) mass is 295 g/mol. The van der Waals surface area contributed by atoms with Gasteiger partial charge in [0.15, 0.2) is 0 Å². The van der Waals surface area contributed by atoms with Crippen LogP contribution in [-0.2, 0) is 11.2 Å². The Labute approximate surface area is 127 Å². The Kier molecular flexibility index (Phi) is 6.64. The molecule has 5 nitrogen and oxygen atoms in total. The van der Waals surface area contributed by atoms with Crippen LogP contribution in [0.3, 0.4) is 0 Å². The van der Waals surface area contributed by atoms with E-state index < -0.39 is 0 Å². The Balaban J connectivity index is 1.93. The maximum Gasteiger partial charge on any atom is 0.228 e. The van der Waals surface area contributed by atoms with Crippen molar-refractivity contribution < 1.29 is 9.26 Å². The Hall–Kier alpha value is -0.940. The molecular weight excluding hydrogens is 266 g/mol. The second-order valence-electron chi connectivity index (χ2n) is 6.16. The molecule has 0 bridgehead atoms. The molecule has 1 fully saturated rings. The lowest BCUT2D eigenvalue weighted by Crippen LogP contribution is -2.28. The van der Waals surface area contributed by atoms with Gasteiger partial charge in [-0.1, -0.05) is 31.3 Å². The van der Waals surface area contributed by atoms with Gasteiger partial charge in [0.05, 0.1) is 0 Å². The second kappa shape index (κ2) is 8.49. The highest BCUT2D eigenvalue weighted by molar-refractivity contribution is 4.96. The predicted molar refractivity (Wildman–Crippen MR) is 82.1 cm³/mol. The smallest absolute Gasteiger partial charge is 0.228 e. The lowest BCUT2D eigenvalue weighted by Gasteiger charge is -2.26. The highest BCUT2D eigenvalue weighted by atomic mass is 16.5. The molecule has 120 valence electrons. The van der Waals surface area contributed by atoms with Crippen LogP contribution in [0.2, 0.25) is 0 Å². The first-order chi connectivity index (χ1) is 10.2. The Morgan fingerprint density at radius 1 is 1.33 bits per heavy atom. The Bertz CT molecular complexity index is 402. The third-order valence-electron chi connectivity index (χ3n) is 4.29. The van der Waals surface area contributed by atoms with Crippen molar-refractivity contribution in [3.63, 3.8) is 0 Å². The lowest BCUT2D eigenvalue weighted by molar-refractivity contribution is 0.0273. The second-order valence-corrected chi connectivity index (χ2v) is 6.16. The van der Waals surface area contributed by atoms with Crippen LogP contribution < -0.4 is 5.32 Å². The van der Waals surface area contributed by atoms with Crippen LogP contribution in [0.4, 0.5) is 0 Å². The number of hydrogen-bond acceptors (Lipinski definition) is 5. The zero-order valence-corrected chi connectivity index (χ0v) is 13.6. The van der Waals surface area contributed by atoms with Gasteiger partial charge in [-0.3, -0.25) is 0 Å². The molecule has 0 aliphatic heterocycles. The van der Waals surface area contributed by atoms with Crippen molar-refractivity contribution in [2.75, 3.05) is 13.7 Å². The first-order valence-electron chi connectivity index (χ1n) is 8.33. The molecule has 2 atom stereocenters. The van der Waals surface area contributed by atoms with Gasteiger partial charge in [-0.2, -0.15) is 4.98 Å². The largest absolute Gasteiger partial charge is 0.373 e. The van der Waals surface area contributed by atoms with Crippen molar-refractivity contribution in [1.82, 2.24) is 15.5 Å². The van der Waals surface area contributed by atoms with Crippen LogP contribution in [-0.4, -0.2) is 29.8 Å². The first kappa shape index (κ1) is 16.4. The summed E-state index contributed by atoms with van der Waals surface area (Å²) >= 11 is 0. The van der Waals surface area contributed by atoms with Crippen LogP contribution in [0.1, 0.15) is 70.2 Å². The Morgan fingerprint density at radius 3 is 2.76 bits per heavy atom. The topological polar surface area (TPSA) is 60.2 Å². The fourth-order valence-corrected chi connectivity index (χ4v) is 3.14. The highest BCUT2D eigenvalue weighted by Gasteiger charge is 2.29. The average Bonchev–Trinajstić information content (AvgIpc) is 2.95. The SMILES string of the molecule is CCCNC(C)Cc1nc(C(OC)C2CCCCC2)no1. The summed E-state index contributed by atoms with van der Waals surface area (Å²) in [6, 6.07) is 0.355. The molecule has 0 spiro atoms. The quantitative estimate of drug-likeness (QED) is 0.797. The van der Waals surface area contributed by atoms with Crippen LogP contribution in [0.5, 0.6) is 0 Å². The van der Waals surface area contributed by atoms with E-state index in [0.29, 0.717) is 17.9 Å². The molecule has 2 rings (SSSR count). The van der Waals surface area contributed by atoms with Crippen LogP contribution in [0.25, 0.3) is 0 Å². The molecule has 1 heterocycles. The van der Waals surface area contributed by atoms with E-state index in [9.17, 15) is 0 Å². The highest BCUT2D eigenvalue weighted by Crippen LogP contribution is 2.35. The molecule has 1 saturated carbocycles. The minimum Gasteiger partial charge on any atom is -0.373 e. The van der Waals surface area contributed by atoms with E-state index in [0.717, 1.165) is 25.2 Å². The molecule has 0 saturated heterocycles. The number of nitrogens with one attached hydrogen (secondary N) is 1. The zero-order chi connectivity index (χ0) is 15.1. The number of nitrogens with zero attached hydrogens (tertiary/aromatic N) is 2. The van der Waals surface area contributed by atoms with Gasteiger partial charge in [0.25, 0.3) is 0 Å². The molecule has 21 heavy (non-hydrogen) atoms. The van der Waals surface area contributed by atoms with Gasteiger partial charge in [0.1, 0.15) is 6.10 Å². The molecule has 0 amide bonds. The third-order valence-corrected chi connectivity index (χ3v) is 4.29. The van der Waals surface area contributed by atoms with Crippen molar-refractivity contribution >= 4 is 0 Å². The predicted octanol–water partition coefficient (Wildman–Crippen LogP) is 3.27. The summed E-state index contributed by atoms with van der Waals surface area (Å²) in [4.78, 5) is 4.56. The van der Waals surface area contributed by atoms with E-state index in [1.165, 1.54) is 32.1 Å².